The molecule has 9 nitrogen and oxygen atoms in total. The van der Waals surface area contributed by atoms with Gasteiger partial charge in [-0.25, -0.2) is 4.98 Å². The normalized spacial score (nSPS) is 32.8. The number of hydrogen-bond donors (Lipinski definition) is 6. The molecule has 4 aliphatic rings. The highest BCUT2D eigenvalue weighted by Gasteiger charge is 2.52. The van der Waals surface area contributed by atoms with Crippen molar-refractivity contribution in [2.24, 2.45) is 11.8 Å². The molecule has 5 atom stereocenters. The minimum absolute atomic E-state index is 0.0982. The van der Waals surface area contributed by atoms with Gasteiger partial charge in [-0.2, -0.15) is 4.98 Å². The number of pyridine rings is 1. The third kappa shape index (κ3) is 4.12. The van der Waals surface area contributed by atoms with Gasteiger partial charge in [-0.1, -0.05) is 24.6 Å². The van der Waals surface area contributed by atoms with Crippen molar-refractivity contribution in [1.29, 1.82) is 0 Å². The summed E-state index contributed by atoms with van der Waals surface area (Å²) in [6.45, 7) is 3.45. The summed E-state index contributed by atoms with van der Waals surface area (Å²) < 4.78 is 0. The van der Waals surface area contributed by atoms with Crippen molar-refractivity contribution in [3.63, 3.8) is 0 Å². The van der Waals surface area contributed by atoms with Crippen LogP contribution in [0.3, 0.4) is 0 Å². The van der Waals surface area contributed by atoms with Crippen molar-refractivity contribution in [3.05, 3.63) is 29.7 Å². The Morgan fingerprint density at radius 3 is 2.67 bits per heavy atom. The number of nitrogens with one attached hydrogen (secondary N) is 3. The van der Waals surface area contributed by atoms with Gasteiger partial charge in [0, 0.05) is 34.7 Å². The maximum atomic E-state index is 11.2. The first kappa shape index (κ1) is 24.2. The molecule has 2 aromatic heterocycles. The SMILES string of the molecule is Cc1nc(NC2(C3CCCC3)CC2)nc(N[C@@H]2C[C@H](CO)[C@@H](O)[C@@]2(C)O)c1C1Nc2cnccc2S1. The maximum absolute atomic E-state index is 11.2. The number of rotatable bonds is 7. The second-order valence-corrected chi connectivity index (χ2v) is 12.4. The molecule has 1 unspecified atom stereocenters. The molecule has 6 N–H and O–H groups in total. The molecule has 0 amide bonds. The van der Waals surface area contributed by atoms with Crippen LogP contribution in [0.1, 0.15) is 68.5 Å². The monoisotopic (exact) mass is 512 g/mol. The van der Waals surface area contributed by atoms with Gasteiger partial charge in [0.15, 0.2) is 0 Å². The van der Waals surface area contributed by atoms with Gasteiger partial charge in [0.1, 0.15) is 16.8 Å². The first-order valence-electron chi connectivity index (χ1n) is 13.1. The number of aromatic nitrogens is 3. The van der Waals surface area contributed by atoms with Crippen LogP contribution in [0.15, 0.2) is 23.4 Å². The first-order chi connectivity index (χ1) is 17.3. The number of anilines is 3. The van der Waals surface area contributed by atoms with Gasteiger partial charge in [-0.05, 0) is 57.9 Å². The van der Waals surface area contributed by atoms with Crippen LogP contribution in [0, 0.1) is 18.8 Å². The lowest BCUT2D eigenvalue weighted by Crippen LogP contribution is -2.48. The van der Waals surface area contributed by atoms with Crippen LogP contribution in [0.2, 0.25) is 0 Å². The van der Waals surface area contributed by atoms with Crippen LogP contribution in [-0.2, 0) is 0 Å². The Labute approximate surface area is 215 Å². The number of aliphatic hydroxyl groups excluding tert-OH is 2. The quantitative estimate of drug-likeness (QED) is 0.327. The molecule has 6 rings (SSSR count). The van der Waals surface area contributed by atoms with Crippen molar-refractivity contribution < 1.29 is 15.3 Å². The number of hydrogen-bond acceptors (Lipinski definition) is 10. The zero-order chi connectivity index (χ0) is 25.1. The Morgan fingerprint density at radius 1 is 1.22 bits per heavy atom. The highest BCUT2D eigenvalue weighted by molar-refractivity contribution is 8.00. The molecule has 1 aliphatic heterocycles. The van der Waals surface area contributed by atoms with E-state index in [-0.39, 0.29) is 17.5 Å². The van der Waals surface area contributed by atoms with E-state index in [2.05, 4.69) is 20.9 Å². The molecule has 3 aliphatic carbocycles. The average Bonchev–Trinajstić information content (AvgIpc) is 3.20. The van der Waals surface area contributed by atoms with Crippen LogP contribution in [0.25, 0.3) is 0 Å². The van der Waals surface area contributed by atoms with Gasteiger partial charge in [0.2, 0.25) is 5.95 Å². The number of nitrogens with zero attached hydrogens (tertiary/aromatic N) is 3. The maximum Gasteiger partial charge on any atom is 0.225 e. The highest BCUT2D eigenvalue weighted by atomic mass is 32.2. The minimum atomic E-state index is -1.40. The van der Waals surface area contributed by atoms with E-state index < -0.39 is 23.7 Å². The fourth-order valence-electron chi connectivity index (χ4n) is 6.45. The third-order valence-corrected chi connectivity index (χ3v) is 10.0. The number of fused-ring (bicyclic) bond motifs is 1. The van der Waals surface area contributed by atoms with Crippen molar-refractivity contribution in [2.45, 2.75) is 92.3 Å². The van der Waals surface area contributed by atoms with E-state index in [1.807, 2.05) is 19.2 Å². The lowest BCUT2D eigenvalue weighted by atomic mass is 9.96. The van der Waals surface area contributed by atoms with E-state index in [1.165, 1.54) is 25.7 Å². The summed E-state index contributed by atoms with van der Waals surface area (Å²) in [4.78, 5) is 15.3. The van der Waals surface area contributed by atoms with Crippen molar-refractivity contribution in [1.82, 2.24) is 15.0 Å². The summed E-state index contributed by atoms with van der Waals surface area (Å²) in [5, 5.41) is 42.1. The van der Waals surface area contributed by atoms with Gasteiger partial charge in [0.05, 0.1) is 29.7 Å². The van der Waals surface area contributed by atoms with E-state index in [0.29, 0.717) is 24.1 Å². The van der Waals surface area contributed by atoms with E-state index in [1.54, 1.807) is 24.9 Å². The smallest absolute Gasteiger partial charge is 0.225 e. The van der Waals surface area contributed by atoms with Crippen LogP contribution in [0.4, 0.5) is 17.5 Å². The van der Waals surface area contributed by atoms with Crippen LogP contribution in [-0.4, -0.2) is 60.2 Å². The summed E-state index contributed by atoms with van der Waals surface area (Å²) in [6, 6.07) is 1.53. The Bertz CT molecular complexity index is 1110. The van der Waals surface area contributed by atoms with E-state index in [9.17, 15) is 15.3 Å². The molecular weight excluding hydrogens is 476 g/mol. The van der Waals surface area contributed by atoms with Gasteiger partial charge in [-0.15, -0.1) is 0 Å². The fourth-order valence-corrected chi connectivity index (χ4v) is 7.67. The van der Waals surface area contributed by atoms with Crippen LogP contribution < -0.4 is 16.0 Å². The van der Waals surface area contributed by atoms with Gasteiger partial charge in [0.25, 0.3) is 0 Å². The predicted molar refractivity (Wildman–Crippen MR) is 140 cm³/mol. The predicted octanol–water partition coefficient (Wildman–Crippen LogP) is 3.44. The van der Waals surface area contributed by atoms with E-state index in [4.69, 9.17) is 9.97 Å². The third-order valence-electron chi connectivity index (χ3n) is 8.83. The van der Waals surface area contributed by atoms with E-state index in [0.717, 1.165) is 34.7 Å². The molecule has 3 fully saturated rings. The minimum Gasteiger partial charge on any atom is -0.396 e. The molecule has 0 aromatic carbocycles. The number of aryl methyl sites for hydroxylation is 1. The molecule has 2 aromatic rings. The molecule has 0 saturated heterocycles. The highest BCUT2D eigenvalue weighted by Crippen LogP contribution is 2.52. The van der Waals surface area contributed by atoms with Crippen molar-refractivity contribution in [3.8, 4) is 0 Å². The average molecular weight is 513 g/mol. The van der Waals surface area contributed by atoms with Crippen LogP contribution in [0.5, 0.6) is 0 Å². The summed E-state index contributed by atoms with van der Waals surface area (Å²) in [7, 11) is 0. The first-order valence-corrected chi connectivity index (χ1v) is 14.0. The summed E-state index contributed by atoms with van der Waals surface area (Å²) in [6.07, 6.45) is 10.4. The molecule has 194 valence electrons. The topological polar surface area (TPSA) is 135 Å². The molecule has 0 bridgehead atoms. The molecule has 3 heterocycles. The van der Waals surface area contributed by atoms with Crippen LogP contribution >= 0.6 is 11.8 Å². The number of thioether (sulfide) groups is 1. The van der Waals surface area contributed by atoms with Gasteiger partial charge in [-0.3, -0.25) is 4.98 Å². The Balaban J connectivity index is 1.34. The van der Waals surface area contributed by atoms with Gasteiger partial charge >= 0.3 is 0 Å². The molecular formula is C26H36N6O3S. The van der Waals surface area contributed by atoms with Crippen molar-refractivity contribution in [2.75, 3.05) is 22.6 Å². The molecule has 0 spiro atoms. The standard InChI is InChI=1S/C26H36N6O3S/c1-14-20(23-29-17-12-27-10-7-18(17)36-23)22(30-19-11-15(13-33)21(34)25(19,2)35)31-24(28-14)32-26(8-9-26)16-5-3-4-6-16/h7,10,12,15-16,19,21,23,29,33-35H,3-6,8-9,11,13H2,1-2H3,(H2,28,30,31,32)/t15-,19-,21-,23?,25+/m1/s1. The van der Waals surface area contributed by atoms with Crippen molar-refractivity contribution >= 4 is 29.2 Å². The Kier molecular flexibility index (Phi) is 6.06. The largest absolute Gasteiger partial charge is 0.396 e. The summed E-state index contributed by atoms with van der Waals surface area (Å²) in [5.41, 5.74) is 1.45. The lowest BCUT2D eigenvalue weighted by molar-refractivity contribution is -0.0647. The molecule has 3 saturated carbocycles. The fraction of sp³-hybridized carbons (Fsp3) is 0.654. The molecule has 0 radical (unpaired) electrons. The zero-order valence-electron chi connectivity index (χ0n) is 20.9. The number of aliphatic hydroxyl groups is 3. The van der Waals surface area contributed by atoms with Gasteiger partial charge < -0.3 is 31.3 Å². The summed E-state index contributed by atoms with van der Waals surface area (Å²) in [5.74, 6) is 1.53. The Morgan fingerprint density at radius 2 is 2.00 bits per heavy atom. The Hall–Kier alpha value is -2.14. The lowest BCUT2D eigenvalue weighted by Gasteiger charge is -2.31. The zero-order valence-corrected chi connectivity index (χ0v) is 21.7. The molecule has 36 heavy (non-hydrogen) atoms. The second-order valence-electron chi connectivity index (χ2n) is 11.2. The molecule has 10 heteroatoms. The van der Waals surface area contributed by atoms with E-state index >= 15 is 0 Å². The second kappa shape index (κ2) is 9.01. The summed E-state index contributed by atoms with van der Waals surface area (Å²) >= 11 is 1.69.